The topological polar surface area (TPSA) is 0 Å². The van der Waals surface area contributed by atoms with E-state index >= 15 is 0 Å². The van der Waals surface area contributed by atoms with E-state index in [1.54, 1.807) is 0 Å². The van der Waals surface area contributed by atoms with Gasteiger partial charge in [0.2, 0.25) is 0 Å². The van der Waals surface area contributed by atoms with Gasteiger partial charge in [-0.15, -0.1) is 0 Å². The molecule has 0 heterocycles. The highest BCUT2D eigenvalue weighted by Crippen LogP contribution is 2.67. The second kappa shape index (κ2) is 1.41. The van der Waals surface area contributed by atoms with Crippen LogP contribution in [0.2, 0.25) is 0 Å². The van der Waals surface area contributed by atoms with Crippen LogP contribution in [0.15, 0.2) is 0 Å². The lowest BCUT2D eigenvalue weighted by molar-refractivity contribution is 0.457. The van der Waals surface area contributed by atoms with Crippen molar-refractivity contribution < 1.29 is 0 Å². The van der Waals surface area contributed by atoms with Gasteiger partial charge in [0.25, 0.3) is 0 Å². The van der Waals surface area contributed by atoms with Crippen LogP contribution in [0.1, 0.15) is 27.7 Å². The molecule has 0 aliphatic heterocycles. The van der Waals surface area contributed by atoms with Crippen LogP contribution in [0.5, 0.6) is 0 Å². The highest BCUT2D eigenvalue weighted by atomic mass is 127. The van der Waals surface area contributed by atoms with Gasteiger partial charge < -0.3 is 0 Å². The number of rotatable bonds is 0. The summed E-state index contributed by atoms with van der Waals surface area (Å²) in [4.78, 5) is 0. The summed E-state index contributed by atoms with van der Waals surface area (Å²) in [7, 11) is 0. The van der Waals surface area contributed by atoms with Crippen molar-refractivity contribution in [2.45, 2.75) is 31.6 Å². The first kappa shape index (κ1) is 6.84. The van der Waals surface area contributed by atoms with Gasteiger partial charge in [0.15, 0.2) is 0 Å². The van der Waals surface area contributed by atoms with Crippen LogP contribution < -0.4 is 0 Å². The van der Waals surface area contributed by atoms with Gasteiger partial charge in [0.1, 0.15) is 0 Å². The minimum absolute atomic E-state index is 0.591. The molecule has 1 aliphatic carbocycles. The van der Waals surface area contributed by atoms with Crippen LogP contribution >= 0.6 is 22.6 Å². The maximum absolute atomic E-state index is 2.54. The smallest absolute Gasteiger partial charge is 0.0223 e. The molecule has 0 radical (unpaired) electrons. The second-order valence-corrected chi connectivity index (χ2v) is 5.05. The Morgan fingerprint density at radius 2 is 1.12 bits per heavy atom. The van der Waals surface area contributed by atoms with Crippen molar-refractivity contribution >= 4 is 22.6 Å². The highest BCUT2D eigenvalue weighted by Gasteiger charge is 2.63. The molecule has 48 valence electrons. The van der Waals surface area contributed by atoms with E-state index in [1.807, 2.05) is 0 Å². The fourth-order valence-corrected chi connectivity index (χ4v) is 2.54. The molecule has 0 aromatic heterocycles. The molecule has 1 fully saturated rings. The van der Waals surface area contributed by atoms with Crippen molar-refractivity contribution in [2.75, 3.05) is 0 Å². The van der Waals surface area contributed by atoms with E-state index in [4.69, 9.17) is 0 Å². The van der Waals surface area contributed by atoms with E-state index in [-0.39, 0.29) is 0 Å². The maximum atomic E-state index is 2.54. The maximum Gasteiger partial charge on any atom is 0.0223 e. The lowest BCUT2D eigenvalue weighted by atomic mass is 10.0. The van der Waals surface area contributed by atoms with E-state index in [0.29, 0.717) is 10.8 Å². The number of halogens is 1. The molecule has 0 unspecified atom stereocenters. The second-order valence-electron chi connectivity index (χ2n) is 3.81. The average molecular weight is 224 g/mol. The monoisotopic (exact) mass is 224 g/mol. The van der Waals surface area contributed by atoms with Crippen LogP contribution in [-0.4, -0.2) is 3.92 Å². The Kier molecular flexibility index (Phi) is 1.21. The Labute approximate surface area is 65.2 Å². The van der Waals surface area contributed by atoms with E-state index in [2.05, 4.69) is 50.3 Å². The van der Waals surface area contributed by atoms with Crippen molar-refractivity contribution in [2.24, 2.45) is 10.8 Å². The largest absolute Gasteiger partial charge is 0.0814 e. The molecule has 0 bridgehead atoms. The Balaban J connectivity index is 2.72. The predicted molar refractivity (Wildman–Crippen MR) is 45.4 cm³/mol. The first-order chi connectivity index (χ1) is 3.40. The summed E-state index contributed by atoms with van der Waals surface area (Å²) in [6, 6.07) is 0. The fourth-order valence-electron chi connectivity index (χ4n) is 1.12. The fraction of sp³-hybridized carbons (Fsp3) is 1.00. The normalized spacial score (nSPS) is 32.6. The van der Waals surface area contributed by atoms with Crippen molar-refractivity contribution in [3.05, 3.63) is 0 Å². The van der Waals surface area contributed by atoms with Gasteiger partial charge in [0.05, 0.1) is 0 Å². The van der Waals surface area contributed by atoms with E-state index in [0.717, 1.165) is 3.92 Å². The first-order valence-electron chi connectivity index (χ1n) is 3.05. The summed E-state index contributed by atoms with van der Waals surface area (Å²) >= 11 is 2.54. The minimum atomic E-state index is 0.591. The molecule has 1 rings (SSSR count). The lowest BCUT2D eigenvalue weighted by Gasteiger charge is -2.03. The average Bonchev–Trinajstić information content (AvgIpc) is 1.88. The Hall–Kier alpha value is 0.730. The Morgan fingerprint density at radius 3 is 1.12 bits per heavy atom. The summed E-state index contributed by atoms with van der Waals surface area (Å²) in [5.41, 5.74) is 1.18. The molecule has 0 nitrogen and oxygen atoms in total. The minimum Gasteiger partial charge on any atom is -0.0814 e. The van der Waals surface area contributed by atoms with Crippen molar-refractivity contribution in [1.82, 2.24) is 0 Å². The number of hydrogen-bond donors (Lipinski definition) is 0. The molecule has 0 aromatic carbocycles. The predicted octanol–water partition coefficient (Wildman–Crippen LogP) is 2.86. The zero-order valence-corrected chi connectivity index (χ0v) is 8.11. The number of alkyl halides is 1. The summed E-state index contributed by atoms with van der Waals surface area (Å²) in [6.07, 6.45) is 0. The Bertz CT molecular complexity index is 99.6. The van der Waals surface area contributed by atoms with Crippen LogP contribution in [0.25, 0.3) is 0 Å². The van der Waals surface area contributed by atoms with Gasteiger partial charge in [-0.2, -0.15) is 0 Å². The third-order valence-corrected chi connectivity index (χ3v) is 5.96. The Morgan fingerprint density at radius 1 is 1.00 bits per heavy atom. The standard InChI is InChI=1S/C7H13I/c1-6(2)5(8)7(6,3)4/h5H,1-4H3. The van der Waals surface area contributed by atoms with Crippen LogP contribution in [-0.2, 0) is 0 Å². The van der Waals surface area contributed by atoms with Gasteiger partial charge in [-0.3, -0.25) is 0 Å². The van der Waals surface area contributed by atoms with Crippen molar-refractivity contribution in [3.63, 3.8) is 0 Å². The van der Waals surface area contributed by atoms with E-state index in [9.17, 15) is 0 Å². The lowest BCUT2D eigenvalue weighted by Crippen LogP contribution is -1.95. The van der Waals surface area contributed by atoms with E-state index in [1.165, 1.54) is 0 Å². The summed E-state index contributed by atoms with van der Waals surface area (Å²) in [6.45, 7) is 9.35. The molecule has 1 heteroatoms. The third kappa shape index (κ3) is 0.568. The SMILES string of the molecule is CC1(C)C(I)C1(C)C. The van der Waals surface area contributed by atoms with Crippen LogP contribution in [0, 0.1) is 10.8 Å². The molecule has 0 aromatic rings. The molecule has 0 N–H and O–H groups in total. The summed E-state index contributed by atoms with van der Waals surface area (Å²) in [5, 5.41) is 0. The molecule has 0 atom stereocenters. The summed E-state index contributed by atoms with van der Waals surface area (Å²) < 4.78 is 0.882. The molecule has 0 spiro atoms. The molecular formula is C7H13I. The molecule has 0 saturated heterocycles. The van der Waals surface area contributed by atoms with Crippen molar-refractivity contribution in [1.29, 1.82) is 0 Å². The van der Waals surface area contributed by atoms with Crippen LogP contribution in [0.4, 0.5) is 0 Å². The third-order valence-electron chi connectivity index (χ3n) is 2.84. The zero-order valence-electron chi connectivity index (χ0n) is 5.96. The zero-order chi connectivity index (χ0) is 6.58. The van der Waals surface area contributed by atoms with E-state index < -0.39 is 0 Å². The van der Waals surface area contributed by atoms with Crippen molar-refractivity contribution in [3.8, 4) is 0 Å². The van der Waals surface area contributed by atoms with Gasteiger partial charge in [-0.1, -0.05) is 50.3 Å². The molecule has 0 amide bonds. The molecule has 8 heavy (non-hydrogen) atoms. The van der Waals surface area contributed by atoms with Gasteiger partial charge in [-0.05, 0) is 10.8 Å². The highest BCUT2D eigenvalue weighted by molar-refractivity contribution is 14.1. The molecule has 1 saturated carbocycles. The number of hydrogen-bond acceptors (Lipinski definition) is 0. The first-order valence-corrected chi connectivity index (χ1v) is 4.29. The van der Waals surface area contributed by atoms with Gasteiger partial charge in [-0.25, -0.2) is 0 Å². The molecular weight excluding hydrogens is 211 g/mol. The molecule has 1 aliphatic rings. The summed E-state index contributed by atoms with van der Waals surface area (Å²) in [5.74, 6) is 0. The van der Waals surface area contributed by atoms with Crippen LogP contribution in [0.3, 0.4) is 0 Å². The quantitative estimate of drug-likeness (QED) is 0.438. The van der Waals surface area contributed by atoms with Gasteiger partial charge in [0, 0.05) is 3.92 Å². The van der Waals surface area contributed by atoms with Gasteiger partial charge >= 0.3 is 0 Å².